The maximum absolute atomic E-state index is 13.5. The van der Waals surface area contributed by atoms with Crippen LogP contribution in [0.5, 0.6) is 0 Å². The molecule has 1 aliphatic rings. The molecule has 4 rings (SSSR count). The van der Waals surface area contributed by atoms with Gasteiger partial charge in [-0.1, -0.05) is 71.8 Å². The molecular weight excluding hydrogens is 366 g/mol. The molecule has 0 spiro atoms. The molecule has 3 nitrogen and oxygen atoms in total. The zero-order valence-electron chi connectivity index (χ0n) is 14.3. The van der Waals surface area contributed by atoms with E-state index in [1.807, 2.05) is 61.5 Å². The molecule has 3 aromatic rings. The number of ketones is 1. The van der Waals surface area contributed by atoms with E-state index >= 15 is 0 Å². The molecule has 1 atom stereocenters. The fourth-order valence-electron chi connectivity index (χ4n) is 3.30. The summed E-state index contributed by atoms with van der Waals surface area (Å²) < 4.78 is 0.503. The van der Waals surface area contributed by atoms with Gasteiger partial charge in [0.05, 0.1) is 5.56 Å². The molecule has 5 heteroatoms. The Morgan fingerprint density at radius 2 is 1.62 bits per heavy atom. The molecule has 1 aliphatic heterocycles. The van der Waals surface area contributed by atoms with Gasteiger partial charge in [0, 0.05) is 5.56 Å². The second kappa shape index (κ2) is 6.08. The Morgan fingerprint density at radius 1 is 0.962 bits per heavy atom. The zero-order valence-corrected chi connectivity index (χ0v) is 15.9. The van der Waals surface area contributed by atoms with Gasteiger partial charge in [-0.25, -0.2) is 0 Å². The molecule has 1 N–H and O–H groups in total. The lowest BCUT2D eigenvalue weighted by molar-refractivity contribution is -0.119. The number of rotatable bonds is 2. The number of halogens is 1. The van der Waals surface area contributed by atoms with Crippen LogP contribution in [-0.4, -0.2) is 11.7 Å². The van der Waals surface area contributed by atoms with Crippen molar-refractivity contribution in [3.63, 3.8) is 0 Å². The largest absolute Gasteiger partial charge is 0.316 e. The first-order valence-corrected chi connectivity index (χ1v) is 9.43. The average Bonchev–Trinajstić information content (AvgIpc) is 2.97. The minimum absolute atomic E-state index is 0.220. The predicted octanol–water partition coefficient (Wildman–Crippen LogP) is 5.47. The van der Waals surface area contributed by atoms with Gasteiger partial charge in [0.2, 0.25) is 5.91 Å². The van der Waals surface area contributed by atoms with Crippen LogP contribution in [0.25, 0.3) is 11.1 Å². The van der Waals surface area contributed by atoms with E-state index in [9.17, 15) is 9.59 Å². The van der Waals surface area contributed by atoms with Crippen LogP contribution >= 0.6 is 22.9 Å². The summed E-state index contributed by atoms with van der Waals surface area (Å²) in [4.78, 5) is 26.4. The van der Waals surface area contributed by atoms with Crippen molar-refractivity contribution in [3.8, 4) is 11.1 Å². The lowest BCUT2D eigenvalue weighted by Gasteiger charge is -2.32. The summed E-state index contributed by atoms with van der Waals surface area (Å²) in [5, 5.41) is 3.42. The molecule has 0 radical (unpaired) electrons. The van der Waals surface area contributed by atoms with E-state index in [1.165, 1.54) is 11.3 Å². The number of anilines is 1. The third-order valence-corrected chi connectivity index (χ3v) is 6.23. The van der Waals surface area contributed by atoms with Gasteiger partial charge in [-0.3, -0.25) is 9.59 Å². The van der Waals surface area contributed by atoms with Gasteiger partial charge in [-0.15, -0.1) is 11.3 Å². The number of aryl methyl sites for hydroxylation is 1. The number of nitrogens with one attached hydrogen (secondary N) is 1. The molecule has 0 aliphatic carbocycles. The average molecular weight is 382 g/mol. The molecular formula is C21H16ClNO2S. The summed E-state index contributed by atoms with van der Waals surface area (Å²) in [6.45, 7) is 3.65. The molecule has 2 aromatic carbocycles. The number of carbonyl (C=O) groups excluding carboxylic acids is 2. The first kappa shape index (κ1) is 17.0. The Balaban J connectivity index is 1.93. The van der Waals surface area contributed by atoms with Crippen molar-refractivity contribution in [1.29, 1.82) is 0 Å². The van der Waals surface area contributed by atoms with Gasteiger partial charge in [-0.2, -0.15) is 0 Å². The van der Waals surface area contributed by atoms with Crippen molar-refractivity contribution in [2.75, 3.05) is 5.32 Å². The molecule has 1 unspecified atom stereocenters. The van der Waals surface area contributed by atoms with Gasteiger partial charge < -0.3 is 5.32 Å². The number of hydrogen-bond donors (Lipinski definition) is 1. The van der Waals surface area contributed by atoms with E-state index in [0.29, 0.717) is 26.0 Å². The van der Waals surface area contributed by atoms with E-state index in [-0.39, 0.29) is 11.7 Å². The number of carbonyl (C=O) groups is 2. The van der Waals surface area contributed by atoms with Crippen LogP contribution in [-0.2, 0) is 10.2 Å². The minimum atomic E-state index is -1.28. The van der Waals surface area contributed by atoms with Crippen LogP contribution in [0.4, 0.5) is 5.00 Å². The molecule has 1 aromatic heterocycles. The molecule has 26 heavy (non-hydrogen) atoms. The summed E-state index contributed by atoms with van der Waals surface area (Å²) >= 11 is 7.69. The summed E-state index contributed by atoms with van der Waals surface area (Å²) in [7, 11) is 0. The second-order valence-corrected chi connectivity index (χ2v) is 8.22. The molecule has 130 valence electrons. The topological polar surface area (TPSA) is 46.2 Å². The van der Waals surface area contributed by atoms with Crippen LogP contribution in [0.3, 0.4) is 0 Å². The number of Topliss-reactive ketones (excluding diaryl/α,β-unsaturated/α-hetero) is 1. The van der Waals surface area contributed by atoms with Crippen LogP contribution in [0.15, 0.2) is 54.6 Å². The van der Waals surface area contributed by atoms with Crippen LogP contribution in [0, 0.1) is 6.92 Å². The van der Waals surface area contributed by atoms with E-state index in [0.717, 1.165) is 11.1 Å². The van der Waals surface area contributed by atoms with Crippen LogP contribution < -0.4 is 5.32 Å². The first-order valence-electron chi connectivity index (χ1n) is 8.24. The molecule has 2 heterocycles. The molecule has 0 saturated carbocycles. The monoisotopic (exact) mass is 381 g/mol. The number of fused-ring (bicyclic) bond motifs is 1. The Labute approximate surface area is 160 Å². The Kier molecular flexibility index (Phi) is 3.98. The number of benzene rings is 2. The van der Waals surface area contributed by atoms with Gasteiger partial charge in [-0.05, 0) is 25.0 Å². The van der Waals surface area contributed by atoms with Crippen molar-refractivity contribution in [2.45, 2.75) is 19.3 Å². The highest BCUT2D eigenvalue weighted by Gasteiger charge is 2.49. The van der Waals surface area contributed by atoms with E-state index in [2.05, 4.69) is 5.32 Å². The third kappa shape index (κ3) is 2.41. The predicted molar refractivity (Wildman–Crippen MR) is 106 cm³/mol. The maximum Gasteiger partial charge on any atom is 0.243 e. The van der Waals surface area contributed by atoms with Crippen LogP contribution in [0.1, 0.15) is 28.4 Å². The van der Waals surface area contributed by atoms with Crippen molar-refractivity contribution in [3.05, 3.63) is 75.6 Å². The highest BCUT2D eigenvalue weighted by atomic mass is 35.5. The van der Waals surface area contributed by atoms with Crippen molar-refractivity contribution in [1.82, 2.24) is 0 Å². The van der Waals surface area contributed by atoms with Gasteiger partial charge >= 0.3 is 0 Å². The fraction of sp³-hybridized carbons (Fsp3) is 0.143. The first-order chi connectivity index (χ1) is 12.4. The summed E-state index contributed by atoms with van der Waals surface area (Å²) in [6, 6.07) is 17.1. The summed E-state index contributed by atoms with van der Waals surface area (Å²) in [6.07, 6.45) is 0. The fourth-order valence-corrected chi connectivity index (χ4v) is 4.68. The van der Waals surface area contributed by atoms with Crippen molar-refractivity contribution < 1.29 is 9.59 Å². The van der Waals surface area contributed by atoms with E-state index < -0.39 is 5.41 Å². The van der Waals surface area contributed by atoms with E-state index in [1.54, 1.807) is 6.92 Å². The standard InChI is InChI=1S/C21H16ClNO2S/c1-12-8-10-14(11-9-12)21(2)17(24)16-15(13-6-4-3-5-7-13)18(22)26-19(16)23-20(21)25/h3-11H,1-2H3,(H,23,25). The molecule has 0 bridgehead atoms. The maximum atomic E-state index is 13.5. The minimum Gasteiger partial charge on any atom is -0.316 e. The van der Waals surface area contributed by atoms with Crippen molar-refractivity contribution >= 4 is 39.6 Å². The molecule has 0 saturated heterocycles. The SMILES string of the molecule is Cc1ccc(C2(C)C(=O)Nc3sc(Cl)c(-c4ccccc4)c3C2=O)cc1. The lowest BCUT2D eigenvalue weighted by atomic mass is 9.73. The quantitative estimate of drug-likeness (QED) is 0.598. The lowest BCUT2D eigenvalue weighted by Crippen LogP contribution is -2.48. The van der Waals surface area contributed by atoms with Gasteiger partial charge in [0.15, 0.2) is 5.78 Å². The van der Waals surface area contributed by atoms with Crippen LogP contribution in [0.2, 0.25) is 4.34 Å². The normalized spacial score (nSPS) is 19.2. The zero-order chi connectivity index (χ0) is 18.5. The Hall–Kier alpha value is -2.43. The van der Waals surface area contributed by atoms with Gasteiger partial charge in [0.25, 0.3) is 0 Å². The van der Waals surface area contributed by atoms with Crippen molar-refractivity contribution in [2.24, 2.45) is 0 Å². The Bertz CT molecular complexity index is 1020. The summed E-state index contributed by atoms with van der Waals surface area (Å²) in [5.41, 5.74) is 2.52. The molecule has 1 amide bonds. The second-order valence-electron chi connectivity index (χ2n) is 6.60. The Morgan fingerprint density at radius 3 is 2.27 bits per heavy atom. The highest BCUT2D eigenvalue weighted by molar-refractivity contribution is 7.21. The smallest absolute Gasteiger partial charge is 0.243 e. The number of thiophene rings is 1. The van der Waals surface area contributed by atoms with Gasteiger partial charge in [0.1, 0.15) is 14.8 Å². The number of amides is 1. The van der Waals surface area contributed by atoms with E-state index in [4.69, 9.17) is 11.6 Å². The molecule has 0 fully saturated rings. The third-order valence-electron chi connectivity index (χ3n) is 4.92. The number of hydrogen-bond acceptors (Lipinski definition) is 3. The summed E-state index contributed by atoms with van der Waals surface area (Å²) in [5.74, 6) is -0.543. The highest BCUT2D eigenvalue weighted by Crippen LogP contribution is 2.49.